The molecule has 3 atom stereocenters. The van der Waals surface area contributed by atoms with Crippen LogP contribution in [0.4, 0.5) is 0 Å². The summed E-state index contributed by atoms with van der Waals surface area (Å²) in [5.74, 6) is -0.665. The van der Waals surface area contributed by atoms with Gasteiger partial charge in [0.1, 0.15) is 6.04 Å². The lowest BCUT2D eigenvalue weighted by molar-refractivity contribution is -0.142. The van der Waals surface area contributed by atoms with Crippen molar-refractivity contribution in [3.8, 4) is 0 Å². The van der Waals surface area contributed by atoms with E-state index in [-0.39, 0.29) is 17.1 Å². The second kappa shape index (κ2) is 4.74. The molecule has 6 heteroatoms. The zero-order valence-electron chi connectivity index (χ0n) is 11.0. The van der Waals surface area contributed by atoms with Crippen molar-refractivity contribution in [2.24, 2.45) is 11.8 Å². The molecule has 0 aromatic carbocycles. The lowest BCUT2D eigenvalue weighted by Gasteiger charge is -2.26. The highest BCUT2D eigenvalue weighted by Gasteiger charge is 2.53. The Morgan fingerprint density at radius 3 is 2.37 bits per heavy atom. The van der Waals surface area contributed by atoms with Crippen molar-refractivity contribution >= 4 is 16.0 Å². The Labute approximate surface area is 114 Å². The third kappa shape index (κ3) is 2.09. The van der Waals surface area contributed by atoms with Crippen LogP contribution in [0.25, 0.3) is 0 Å². The molecule has 5 nitrogen and oxygen atoms in total. The summed E-state index contributed by atoms with van der Waals surface area (Å²) in [5.41, 5.74) is 0. The predicted octanol–water partition coefficient (Wildman–Crippen LogP) is 1.44. The van der Waals surface area contributed by atoms with Gasteiger partial charge in [-0.05, 0) is 37.5 Å². The van der Waals surface area contributed by atoms with Gasteiger partial charge in [0, 0.05) is 6.54 Å². The van der Waals surface area contributed by atoms with Crippen LogP contribution in [0.15, 0.2) is 0 Å². The molecule has 3 unspecified atom stereocenters. The van der Waals surface area contributed by atoms with Crippen molar-refractivity contribution in [2.75, 3.05) is 6.54 Å². The van der Waals surface area contributed by atoms with Gasteiger partial charge < -0.3 is 5.11 Å². The van der Waals surface area contributed by atoms with Gasteiger partial charge in [0.05, 0.1) is 5.25 Å². The monoisotopic (exact) mass is 287 g/mol. The largest absolute Gasteiger partial charge is 0.480 e. The van der Waals surface area contributed by atoms with Gasteiger partial charge in [-0.25, -0.2) is 8.42 Å². The molecule has 0 spiro atoms. The summed E-state index contributed by atoms with van der Waals surface area (Å²) in [6, 6.07) is -0.807. The van der Waals surface area contributed by atoms with E-state index >= 15 is 0 Å². The van der Waals surface area contributed by atoms with Crippen LogP contribution in [0, 0.1) is 11.8 Å². The minimum atomic E-state index is -3.42. The molecule has 108 valence electrons. The van der Waals surface area contributed by atoms with Crippen LogP contribution in [0.3, 0.4) is 0 Å². The molecular formula is C13H21NO4S. The van der Waals surface area contributed by atoms with E-state index in [9.17, 15) is 18.3 Å². The highest BCUT2D eigenvalue weighted by atomic mass is 32.2. The van der Waals surface area contributed by atoms with Crippen LogP contribution in [-0.4, -0.2) is 41.6 Å². The van der Waals surface area contributed by atoms with Gasteiger partial charge in [-0.2, -0.15) is 4.31 Å². The Kier molecular flexibility index (Phi) is 3.33. The van der Waals surface area contributed by atoms with Gasteiger partial charge in [-0.15, -0.1) is 0 Å². The second-order valence-corrected chi connectivity index (χ2v) is 8.32. The van der Waals surface area contributed by atoms with E-state index in [1.807, 2.05) is 0 Å². The summed E-state index contributed by atoms with van der Waals surface area (Å²) in [7, 11) is -3.42. The molecule has 3 rings (SSSR count). The normalized spacial score (nSPS) is 36.7. The summed E-state index contributed by atoms with van der Waals surface area (Å²) < 4.78 is 26.6. The molecule has 3 fully saturated rings. The first-order chi connectivity index (χ1) is 9.01. The van der Waals surface area contributed by atoms with Crippen LogP contribution in [0.5, 0.6) is 0 Å². The fourth-order valence-electron chi connectivity index (χ4n) is 4.21. The molecule has 0 aromatic heterocycles. The number of rotatable bonds is 3. The third-order valence-corrected chi connectivity index (χ3v) is 7.50. The van der Waals surface area contributed by atoms with E-state index in [0.29, 0.717) is 19.4 Å². The van der Waals surface area contributed by atoms with Crippen LogP contribution in [-0.2, 0) is 14.8 Å². The third-order valence-electron chi connectivity index (χ3n) is 5.15. The molecule has 0 aromatic rings. The smallest absolute Gasteiger partial charge is 0.322 e. The average Bonchev–Trinajstić information content (AvgIpc) is 3.04. The number of fused-ring (bicyclic) bond motifs is 1. The number of hydrogen-bond acceptors (Lipinski definition) is 3. The highest BCUT2D eigenvalue weighted by Crippen LogP contribution is 2.44. The number of aliphatic carboxylic acids is 1. The topological polar surface area (TPSA) is 74.7 Å². The quantitative estimate of drug-likeness (QED) is 0.852. The molecule has 0 amide bonds. The molecule has 3 aliphatic rings. The average molecular weight is 287 g/mol. The SMILES string of the molecule is O=C(O)C1C2CCCC2CN1S(=O)(=O)C1CCCC1. The van der Waals surface area contributed by atoms with Crippen molar-refractivity contribution in [3.05, 3.63) is 0 Å². The molecule has 1 aliphatic heterocycles. The highest BCUT2D eigenvalue weighted by molar-refractivity contribution is 7.89. The lowest BCUT2D eigenvalue weighted by atomic mass is 9.94. The summed E-state index contributed by atoms with van der Waals surface area (Å²) >= 11 is 0. The van der Waals surface area contributed by atoms with Crippen molar-refractivity contribution in [1.82, 2.24) is 4.31 Å². The summed E-state index contributed by atoms with van der Waals surface area (Å²) in [6.07, 6.45) is 6.16. The first kappa shape index (κ1) is 13.4. The van der Waals surface area contributed by atoms with E-state index in [2.05, 4.69) is 0 Å². The molecule has 1 saturated heterocycles. The van der Waals surface area contributed by atoms with Gasteiger partial charge in [0.25, 0.3) is 0 Å². The minimum absolute atomic E-state index is 0.0358. The molecule has 2 aliphatic carbocycles. The van der Waals surface area contributed by atoms with Crippen molar-refractivity contribution in [3.63, 3.8) is 0 Å². The summed E-state index contributed by atoms with van der Waals surface area (Å²) in [4.78, 5) is 11.5. The zero-order valence-corrected chi connectivity index (χ0v) is 11.8. The van der Waals surface area contributed by atoms with E-state index in [4.69, 9.17) is 0 Å². The van der Waals surface area contributed by atoms with E-state index in [0.717, 1.165) is 32.1 Å². The number of carboxylic acids is 1. The van der Waals surface area contributed by atoms with Crippen LogP contribution in [0.2, 0.25) is 0 Å². The van der Waals surface area contributed by atoms with E-state index in [1.54, 1.807) is 0 Å². The minimum Gasteiger partial charge on any atom is -0.480 e. The Balaban J connectivity index is 1.88. The standard InChI is InChI=1S/C13H21NO4S/c15-13(16)12-11-7-3-4-9(11)8-14(12)19(17,18)10-5-1-2-6-10/h9-12H,1-8H2,(H,15,16). The molecule has 1 N–H and O–H groups in total. The van der Waals surface area contributed by atoms with Crippen LogP contribution < -0.4 is 0 Å². The summed E-state index contributed by atoms with van der Waals surface area (Å²) in [6.45, 7) is 0.431. The maximum atomic E-state index is 12.6. The maximum absolute atomic E-state index is 12.6. The van der Waals surface area contributed by atoms with Gasteiger partial charge in [0.2, 0.25) is 10.0 Å². The van der Waals surface area contributed by atoms with Crippen molar-refractivity contribution < 1.29 is 18.3 Å². The second-order valence-electron chi connectivity index (χ2n) is 6.16. The molecule has 0 radical (unpaired) electrons. The Morgan fingerprint density at radius 1 is 1.05 bits per heavy atom. The molecular weight excluding hydrogens is 266 g/mol. The predicted molar refractivity (Wildman–Crippen MR) is 70.1 cm³/mol. The van der Waals surface area contributed by atoms with E-state index < -0.39 is 22.0 Å². The number of carbonyl (C=O) groups is 1. The molecule has 0 bridgehead atoms. The zero-order chi connectivity index (χ0) is 13.6. The van der Waals surface area contributed by atoms with Gasteiger partial charge >= 0.3 is 5.97 Å². The van der Waals surface area contributed by atoms with Crippen LogP contribution >= 0.6 is 0 Å². The summed E-state index contributed by atoms with van der Waals surface area (Å²) in [5, 5.41) is 9.09. The number of carboxylic acid groups (broad SMARTS) is 1. The first-order valence-electron chi connectivity index (χ1n) is 7.25. The van der Waals surface area contributed by atoms with Gasteiger partial charge in [0.15, 0.2) is 0 Å². The van der Waals surface area contributed by atoms with Crippen LogP contribution in [0.1, 0.15) is 44.9 Å². The Hall–Kier alpha value is -0.620. The fraction of sp³-hybridized carbons (Fsp3) is 0.923. The first-order valence-corrected chi connectivity index (χ1v) is 8.75. The van der Waals surface area contributed by atoms with Gasteiger partial charge in [-0.1, -0.05) is 19.3 Å². The van der Waals surface area contributed by atoms with Crippen molar-refractivity contribution in [2.45, 2.75) is 56.2 Å². The fourth-order valence-corrected chi connectivity index (χ4v) is 6.49. The van der Waals surface area contributed by atoms with E-state index in [1.165, 1.54) is 4.31 Å². The lowest BCUT2D eigenvalue weighted by Crippen LogP contribution is -2.46. The Bertz CT molecular complexity index is 469. The maximum Gasteiger partial charge on any atom is 0.322 e. The van der Waals surface area contributed by atoms with Gasteiger partial charge in [-0.3, -0.25) is 4.79 Å². The Morgan fingerprint density at radius 2 is 1.74 bits per heavy atom. The number of sulfonamides is 1. The molecule has 19 heavy (non-hydrogen) atoms. The number of nitrogens with zero attached hydrogens (tertiary/aromatic N) is 1. The number of hydrogen-bond donors (Lipinski definition) is 1. The molecule has 1 heterocycles. The molecule has 2 saturated carbocycles. The van der Waals surface area contributed by atoms with Crippen molar-refractivity contribution in [1.29, 1.82) is 0 Å².